The van der Waals surface area contributed by atoms with Crippen molar-refractivity contribution < 1.29 is 4.39 Å². The predicted octanol–water partition coefficient (Wildman–Crippen LogP) is 2.15. The molecule has 0 amide bonds. The second-order valence-electron chi connectivity index (χ2n) is 3.77. The molecule has 1 heterocycles. The lowest BCUT2D eigenvalue weighted by Gasteiger charge is -2.05. The highest BCUT2D eigenvalue weighted by atomic mass is 19.1. The Labute approximate surface area is 93.7 Å². The molecule has 0 aliphatic carbocycles. The number of benzene rings is 1. The average molecular weight is 219 g/mol. The molecule has 2 rings (SSSR count). The van der Waals surface area contributed by atoms with Crippen molar-refractivity contribution in [1.29, 1.82) is 0 Å². The van der Waals surface area contributed by atoms with Crippen LogP contribution in [0.25, 0.3) is 0 Å². The first kappa shape index (κ1) is 10.8. The van der Waals surface area contributed by atoms with Gasteiger partial charge in [0.25, 0.3) is 0 Å². The van der Waals surface area contributed by atoms with Crippen molar-refractivity contribution in [3.05, 3.63) is 53.1 Å². The maximum Gasteiger partial charge on any atom is 0.126 e. The fourth-order valence-electron chi connectivity index (χ4n) is 1.54. The fraction of sp³-hybridized carbons (Fsp3) is 0.250. The Hall–Kier alpha value is -1.68. The van der Waals surface area contributed by atoms with E-state index < -0.39 is 0 Å². The number of nitrogens with zero attached hydrogens (tertiary/aromatic N) is 1. The Morgan fingerprint density at radius 2 is 2.19 bits per heavy atom. The van der Waals surface area contributed by atoms with Gasteiger partial charge in [0.05, 0.1) is 0 Å². The summed E-state index contributed by atoms with van der Waals surface area (Å²) in [7, 11) is 0. The molecular formula is C12H14FN3. The Morgan fingerprint density at radius 1 is 1.31 bits per heavy atom. The van der Waals surface area contributed by atoms with Gasteiger partial charge in [-0.1, -0.05) is 12.1 Å². The third-order valence-electron chi connectivity index (χ3n) is 2.43. The minimum Gasteiger partial charge on any atom is -0.307 e. The minimum atomic E-state index is -0.155. The largest absolute Gasteiger partial charge is 0.307 e. The number of H-pyrrole nitrogens is 1. The lowest BCUT2D eigenvalue weighted by molar-refractivity contribution is 0.615. The zero-order valence-electron chi connectivity index (χ0n) is 9.13. The van der Waals surface area contributed by atoms with Gasteiger partial charge in [0, 0.05) is 25.0 Å². The summed E-state index contributed by atoms with van der Waals surface area (Å²) in [6.07, 6.45) is 1.72. The number of hydrogen-bond donors (Lipinski definition) is 2. The molecule has 2 aromatic rings. The van der Waals surface area contributed by atoms with Gasteiger partial charge in [-0.3, -0.25) is 5.10 Å². The van der Waals surface area contributed by atoms with Crippen molar-refractivity contribution in [3.63, 3.8) is 0 Å². The molecule has 0 saturated heterocycles. The number of aryl methyl sites for hydroxylation is 1. The normalized spacial score (nSPS) is 10.6. The van der Waals surface area contributed by atoms with E-state index in [4.69, 9.17) is 0 Å². The molecule has 4 heteroatoms. The van der Waals surface area contributed by atoms with E-state index in [1.165, 1.54) is 6.07 Å². The number of aromatic amines is 1. The summed E-state index contributed by atoms with van der Waals surface area (Å²) in [5, 5.41) is 9.99. The van der Waals surface area contributed by atoms with Crippen molar-refractivity contribution in [2.75, 3.05) is 0 Å². The molecule has 84 valence electrons. The van der Waals surface area contributed by atoms with Gasteiger partial charge in [0.1, 0.15) is 5.82 Å². The Bertz CT molecular complexity index is 451. The number of halogens is 1. The van der Waals surface area contributed by atoms with Crippen LogP contribution in [0.1, 0.15) is 16.8 Å². The molecule has 0 spiro atoms. The Balaban J connectivity index is 1.87. The van der Waals surface area contributed by atoms with Crippen molar-refractivity contribution in [2.24, 2.45) is 0 Å². The fourth-order valence-corrected chi connectivity index (χ4v) is 1.54. The summed E-state index contributed by atoms with van der Waals surface area (Å²) in [6, 6.07) is 7.07. The van der Waals surface area contributed by atoms with Crippen LogP contribution < -0.4 is 5.32 Å². The molecule has 0 aliphatic rings. The van der Waals surface area contributed by atoms with Gasteiger partial charge in [0.15, 0.2) is 0 Å². The van der Waals surface area contributed by atoms with Crippen molar-refractivity contribution in [1.82, 2.24) is 15.5 Å². The zero-order chi connectivity index (χ0) is 11.4. The van der Waals surface area contributed by atoms with Crippen LogP contribution in [0.15, 0.2) is 30.5 Å². The zero-order valence-corrected chi connectivity index (χ0v) is 9.13. The van der Waals surface area contributed by atoms with E-state index in [0.29, 0.717) is 5.56 Å². The summed E-state index contributed by atoms with van der Waals surface area (Å²) >= 11 is 0. The molecule has 3 nitrogen and oxygen atoms in total. The lowest BCUT2D eigenvalue weighted by atomic mass is 10.1. The van der Waals surface area contributed by atoms with Gasteiger partial charge in [-0.25, -0.2) is 4.39 Å². The summed E-state index contributed by atoms with van der Waals surface area (Å²) in [6.45, 7) is 3.23. The highest BCUT2D eigenvalue weighted by molar-refractivity contribution is 5.23. The average Bonchev–Trinajstić information content (AvgIpc) is 2.76. The first-order valence-corrected chi connectivity index (χ1v) is 5.20. The van der Waals surface area contributed by atoms with Crippen molar-refractivity contribution in [2.45, 2.75) is 20.0 Å². The first-order chi connectivity index (χ1) is 7.75. The van der Waals surface area contributed by atoms with E-state index in [2.05, 4.69) is 15.5 Å². The maximum atomic E-state index is 13.0. The van der Waals surface area contributed by atoms with Crippen molar-refractivity contribution >= 4 is 0 Å². The molecule has 2 N–H and O–H groups in total. The molecule has 16 heavy (non-hydrogen) atoms. The molecular weight excluding hydrogens is 205 g/mol. The van der Waals surface area contributed by atoms with E-state index in [-0.39, 0.29) is 5.82 Å². The summed E-state index contributed by atoms with van der Waals surface area (Å²) in [5.41, 5.74) is 2.80. The maximum absolute atomic E-state index is 13.0. The smallest absolute Gasteiger partial charge is 0.126 e. The van der Waals surface area contributed by atoms with Gasteiger partial charge in [-0.05, 0) is 30.2 Å². The first-order valence-electron chi connectivity index (χ1n) is 5.20. The number of aromatic nitrogens is 2. The Morgan fingerprint density at radius 3 is 2.88 bits per heavy atom. The standard InChI is InChI=1S/C12H14FN3/c1-9-6-10(2-3-12(9)13)7-14-8-11-4-5-15-16-11/h2-6,14H,7-8H2,1H3,(H,15,16). The van der Waals surface area contributed by atoms with E-state index in [0.717, 1.165) is 24.3 Å². The van der Waals surface area contributed by atoms with E-state index in [1.807, 2.05) is 12.1 Å². The Kier molecular flexibility index (Phi) is 3.31. The molecule has 0 fully saturated rings. The third-order valence-corrected chi connectivity index (χ3v) is 2.43. The SMILES string of the molecule is Cc1cc(CNCc2ccn[nH]2)ccc1F. The van der Waals surface area contributed by atoms with Gasteiger partial charge < -0.3 is 5.32 Å². The van der Waals surface area contributed by atoms with Gasteiger partial charge in [0.2, 0.25) is 0 Å². The minimum absolute atomic E-state index is 0.155. The summed E-state index contributed by atoms with van der Waals surface area (Å²) < 4.78 is 13.0. The van der Waals surface area contributed by atoms with Gasteiger partial charge in [-0.2, -0.15) is 5.10 Å². The molecule has 1 aromatic heterocycles. The number of rotatable bonds is 4. The van der Waals surface area contributed by atoms with Crippen LogP contribution in [-0.2, 0) is 13.1 Å². The molecule has 0 bridgehead atoms. The third kappa shape index (κ3) is 2.67. The van der Waals surface area contributed by atoms with E-state index in [1.54, 1.807) is 19.2 Å². The lowest BCUT2D eigenvalue weighted by Crippen LogP contribution is -2.13. The molecule has 0 atom stereocenters. The number of hydrogen-bond acceptors (Lipinski definition) is 2. The van der Waals surface area contributed by atoms with Crippen LogP contribution in [0.4, 0.5) is 4.39 Å². The van der Waals surface area contributed by atoms with Crippen molar-refractivity contribution in [3.8, 4) is 0 Å². The van der Waals surface area contributed by atoms with Gasteiger partial charge in [-0.15, -0.1) is 0 Å². The molecule has 0 saturated carbocycles. The van der Waals surface area contributed by atoms with Crippen LogP contribution in [0.3, 0.4) is 0 Å². The number of nitrogens with one attached hydrogen (secondary N) is 2. The molecule has 0 radical (unpaired) electrons. The molecule has 1 aromatic carbocycles. The highest BCUT2D eigenvalue weighted by Crippen LogP contribution is 2.08. The summed E-state index contributed by atoms with van der Waals surface area (Å²) in [4.78, 5) is 0. The van der Waals surface area contributed by atoms with Crippen LogP contribution in [0, 0.1) is 12.7 Å². The quantitative estimate of drug-likeness (QED) is 0.827. The van der Waals surface area contributed by atoms with Crippen LogP contribution >= 0.6 is 0 Å². The van der Waals surface area contributed by atoms with E-state index >= 15 is 0 Å². The van der Waals surface area contributed by atoms with Crippen LogP contribution in [0.5, 0.6) is 0 Å². The second kappa shape index (κ2) is 4.90. The van der Waals surface area contributed by atoms with Crippen LogP contribution in [-0.4, -0.2) is 10.2 Å². The monoisotopic (exact) mass is 219 g/mol. The van der Waals surface area contributed by atoms with Gasteiger partial charge >= 0.3 is 0 Å². The molecule has 0 aliphatic heterocycles. The van der Waals surface area contributed by atoms with Crippen LogP contribution in [0.2, 0.25) is 0 Å². The molecule has 0 unspecified atom stereocenters. The topological polar surface area (TPSA) is 40.7 Å². The van der Waals surface area contributed by atoms with E-state index in [9.17, 15) is 4.39 Å². The second-order valence-corrected chi connectivity index (χ2v) is 3.77. The predicted molar refractivity (Wildman–Crippen MR) is 60.3 cm³/mol. The summed E-state index contributed by atoms with van der Waals surface area (Å²) in [5.74, 6) is -0.155. The highest BCUT2D eigenvalue weighted by Gasteiger charge is 1.99.